The predicted octanol–water partition coefficient (Wildman–Crippen LogP) is 6.14. The van der Waals surface area contributed by atoms with Gasteiger partial charge in [0.05, 0.1) is 23.4 Å². The van der Waals surface area contributed by atoms with E-state index < -0.39 is 23.5 Å². The van der Waals surface area contributed by atoms with Crippen molar-refractivity contribution >= 4 is 23.8 Å². The lowest BCUT2D eigenvalue weighted by Gasteiger charge is -2.21. The molecule has 1 aliphatic heterocycles. The summed E-state index contributed by atoms with van der Waals surface area (Å²) in [5, 5.41) is 7.49. The van der Waals surface area contributed by atoms with E-state index in [0.717, 1.165) is 43.7 Å². The van der Waals surface area contributed by atoms with Crippen molar-refractivity contribution in [2.45, 2.75) is 25.2 Å². The van der Waals surface area contributed by atoms with Crippen LogP contribution in [0.15, 0.2) is 70.8 Å². The van der Waals surface area contributed by atoms with Gasteiger partial charge in [-0.2, -0.15) is 31.4 Å². The normalized spacial score (nSPS) is 17.4. The molecule has 4 rings (SSSR count). The van der Waals surface area contributed by atoms with Crippen LogP contribution in [0, 0.1) is 5.41 Å². The highest BCUT2D eigenvalue weighted by atomic mass is 19.4. The van der Waals surface area contributed by atoms with Crippen molar-refractivity contribution in [3.05, 3.63) is 82.9 Å². The maximum Gasteiger partial charge on any atom is 0.416 e. The monoisotopic (exact) mass is 492 g/mol. The standard InChI is InChI=1S/C25H22F6N4/c26-24(27,28)19-7-1-17(2-8-19)5-11-21(34-35-22-32-15-23(13-14-23)16-33-22)12-6-18-3-9-20(10-4-18)25(29,30)31/h1-12H,13-16H2,(H2,32,33,35)/b11-5+,12-6+. The summed E-state index contributed by atoms with van der Waals surface area (Å²) in [4.78, 5) is 4.44. The molecule has 2 N–H and O–H groups in total. The second-order valence-corrected chi connectivity index (χ2v) is 8.57. The molecule has 10 heteroatoms. The lowest BCUT2D eigenvalue weighted by molar-refractivity contribution is -0.138. The smallest absolute Gasteiger partial charge is 0.354 e. The molecular formula is C25H22F6N4. The summed E-state index contributed by atoms with van der Waals surface area (Å²) >= 11 is 0. The molecule has 1 saturated carbocycles. The van der Waals surface area contributed by atoms with Crippen LogP contribution in [0.3, 0.4) is 0 Å². The van der Waals surface area contributed by atoms with E-state index in [2.05, 4.69) is 20.8 Å². The molecule has 2 aliphatic rings. The lowest BCUT2D eigenvalue weighted by atomic mass is 10.1. The van der Waals surface area contributed by atoms with E-state index in [0.29, 0.717) is 29.3 Å². The van der Waals surface area contributed by atoms with Crippen LogP contribution in [-0.2, 0) is 12.4 Å². The van der Waals surface area contributed by atoms with Crippen molar-refractivity contribution in [3.8, 4) is 0 Å². The average Bonchev–Trinajstić information content (AvgIpc) is 3.58. The van der Waals surface area contributed by atoms with Gasteiger partial charge in [-0.3, -0.25) is 4.99 Å². The Morgan fingerprint density at radius 2 is 1.31 bits per heavy atom. The number of hydrogen-bond donors (Lipinski definition) is 2. The largest absolute Gasteiger partial charge is 0.416 e. The molecule has 184 valence electrons. The minimum atomic E-state index is -4.42. The predicted molar refractivity (Wildman–Crippen MR) is 123 cm³/mol. The fourth-order valence-corrected chi connectivity index (χ4v) is 3.39. The molecule has 1 spiro atoms. The van der Waals surface area contributed by atoms with Crippen molar-refractivity contribution in [1.29, 1.82) is 0 Å². The van der Waals surface area contributed by atoms with Crippen LogP contribution < -0.4 is 10.7 Å². The van der Waals surface area contributed by atoms with Crippen molar-refractivity contribution in [1.82, 2.24) is 10.7 Å². The first kappa shape index (κ1) is 24.6. The summed E-state index contributed by atoms with van der Waals surface area (Å²) in [6.45, 7) is 1.50. The van der Waals surface area contributed by atoms with Crippen LogP contribution in [-0.4, -0.2) is 24.8 Å². The molecule has 0 bridgehead atoms. The summed E-state index contributed by atoms with van der Waals surface area (Å²) in [5.41, 5.74) is 3.04. The van der Waals surface area contributed by atoms with E-state index in [4.69, 9.17) is 0 Å². The molecule has 1 fully saturated rings. The Morgan fingerprint density at radius 3 is 1.69 bits per heavy atom. The Balaban J connectivity index is 1.51. The first-order chi connectivity index (χ1) is 16.5. The van der Waals surface area contributed by atoms with Gasteiger partial charge in [0.1, 0.15) is 0 Å². The first-order valence-electron chi connectivity index (χ1n) is 10.9. The minimum absolute atomic E-state index is 0.253. The number of hydrazone groups is 1. The Morgan fingerprint density at radius 1 is 0.829 bits per heavy atom. The van der Waals surface area contributed by atoms with Crippen LogP contribution >= 0.6 is 0 Å². The molecule has 1 aliphatic carbocycles. The number of rotatable bonds is 5. The van der Waals surface area contributed by atoms with Crippen LogP contribution in [0.4, 0.5) is 26.3 Å². The highest BCUT2D eigenvalue weighted by Crippen LogP contribution is 2.46. The summed E-state index contributed by atoms with van der Waals surface area (Å²) < 4.78 is 76.7. The molecule has 0 atom stereocenters. The van der Waals surface area contributed by atoms with Crippen molar-refractivity contribution in [3.63, 3.8) is 0 Å². The van der Waals surface area contributed by atoms with E-state index in [1.807, 2.05) is 0 Å². The van der Waals surface area contributed by atoms with Crippen LogP contribution in [0.25, 0.3) is 12.2 Å². The number of benzene rings is 2. The van der Waals surface area contributed by atoms with Gasteiger partial charge in [-0.1, -0.05) is 36.4 Å². The van der Waals surface area contributed by atoms with Crippen molar-refractivity contribution in [2.24, 2.45) is 15.5 Å². The third kappa shape index (κ3) is 6.74. The second kappa shape index (κ2) is 9.59. The van der Waals surface area contributed by atoms with Gasteiger partial charge in [-0.05, 0) is 60.4 Å². The molecule has 0 aromatic heterocycles. The number of aliphatic imine (C=N–C) groups is 1. The minimum Gasteiger partial charge on any atom is -0.354 e. The Kier molecular flexibility index (Phi) is 6.73. The van der Waals surface area contributed by atoms with Gasteiger partial charge in [0.25, 0.3) is 0 Å². The van der Waals surface area contributed by atoms with Gasteiger partial charge < -0.3 is 5.32 Å². The highest BCUT2D eigenvalue weighted by Gasteiger charge is 2.44. The summed E-state index contributed by atoms with van der Waals surface area (Å²) in [5.74, 6) is 0.505. The number of nitrogens with zero attached hydrogens (tertiary/aromatic N) is 2. The van der Waals surface area contributed by atoms with E-state index in [1.165, 1.54) is 24.3 Å². The van der Waals surface area contributed by atoms with Gasteiger partial charge in [0.2, 0.25) is 5.96 Å². The summed E-state index contributed by atoms with van der Waals surface area (Å²) in [6.07, 6.45) is -0.218. The lowest BCUT2D eigenvalue weighted by Crippen LogP contribution is -2.43. The van der Waals surface area contributed by atoms with Crippen molar-refractivity contribution in [2.75, 3.05) is 13.1 Å². The van der Waals surface area contributed by atoms with Gasteiger partial charge >= 0.3 is 12.4 Å². The maximum atomic E-state index is 12.8. The summed E-state index contributed by atoms with van der Waals surface area (Å²) in [7, 11) is 0. The number of allylic oxidation sites excluding steroid dienone is 2. The molecule has 2 aromatic carbocycles. The third-order valence-corrected chi connectivity index (χ3v) is 5.82. The molecule has 0 unspecified atom stereocenters. The molecule has 2 aromatic rings. The van der Waals surface area contributed by atoms with Gasteiger partial charge in [0, 0.05) is 12.0 Å². The second-order valence-electron chi connectivity index (χ2n) is 8.57. The number of nitrogens with one attached hydrogen (secondary N) is 2. The average molecular weight is 492 g/mol. The highest BCUT2D eigenvalue weighted by molar-refractivity contribution is 6.09. The van der Waals surface area contributed by atoms with Crippen LogP contribution in [0.5, 0.6) is 0 Å². The molecule has 35 heavy (non-hydrogen) atoms. The van der Waals surface area contributed by atoms with Gasteiger partial charge in [0.15, 0.2) is 0 Å². The molecule has 4 nitrogen and oxygen atoms in total. The molecule has 0 saturated heterocycles. The topological polar surface area (TPSA) is 48.8 Å². The maximum absolute atomic E-state index is 12.8. The van der Waals surface area contributed by atoms with Gasteiger partial charge in [-0.25, -0.2) is 5.43 Å². The Labute approximate surface area is 198 Å². The van der Waals surface area contributed by atoms with E-state index in [-0.39, 0.29) is 5.41 Å². The Bertz CT molecular complexity index is 1080. The zero-order valence-electron chi connectivity index (χ0n) is 18.4. The fraction of sp³-hybridized carbons (Fsp3) is 0.280. The summed E-state index contributed by atoms with van der Waals surface area (Å²) in [6, 6.07) is 9.31. The van der Waals surface area contributed by atoms with E-state index >= 15 is 0 Å². The van der Waals surface area contributed by atoms with E-state index in [9.17, 15) is 26.3 Å². The Hall–Kier alpha value is -3.56. The van der Waals surface area contributed by atoms with E-state index in [1.54, 1.807) is 24.3 Å². The number of halogens is 6. The number of guanidine groups is 1. The number of alkyl halides is 6. The first-order valence-corrected chi connectivity index (χ1v) is 10.9. The quantitative estimate of drug-likeness (QED) is 0.300. The fourth-order valence-electron chi connectivity index (χ4n) is 3.39. The molecule has 0 radical (unpaired) electrons. The molecule has 1 heterocycles. The number of hydrogen-bond acceptors (Lipinski definition) is 4. The van der Waals surface area contributed by atoms with Crippen LogP contribution in [0.1, 0.15) is 35.1 Å². The molecule has 0 amide bonds. The van der Waals surface area contributed by atoms with Gasteiger partial charge in [-0.15, -0.1) is 0 Å². The molecular weight excluding hydrogens is 470 g/mol. The third-order valence-electron chi connectivity index (χ3n) is 5.82. The SMILES string of the molecule is FC(F)(F)c1ccc(/C=C/C(/C=C/c2ccc(C(F)(F)F)cc2)=NNC2=NCC3(CC3)CN2)cc1. The van der Waals surface area contributed by atoms with Crippen LogP contribution in [0.2, 0.25) is 0 Å². The zero-order valence-corrected chi connectivity index (χ0v) is 18.4. The zero-order chi connectivity index (χ0) is 25.1. The van der Waals surface area contributed by atoms with Crippen molar-refractivity contribution < 1.29 is 26.3 Å².